The second kappa shape index (κ2) is 5.47. The molecule has 1 N–H and O–H groups in total. The number of nitrogens with one attached hydrogen (secondary N) is 1. The van der Waals surface area contributed by atoms with E-state index < -0.39 is 9.84 Å². The third kappa shape index (κ3) is 3.37. The van der Waals surface area contributed by atoms with E-state index in [0.29, 0.717) is 19.5 Å². The molecule has 1 aliphatic carbocycles. The zero-order valence-electron chi connectivity index (χ0n) is 10.9. The molecule has 1 atom stereocenters. The van der Waals surface area contributed by atoms with E-state index in [0.717, 1.165) is 12.8 Å². The second-order valence-electron chi connectivity index (χ2n) is 5.47. The van der Waals surface area contributed by atoms with Crippen molar-refractivity contribution in [3.63, 3.8) is 0 Å². The topological polar surface area (TPSA) is 66.5 Å². The Balaban J connectivity index is 1.83. The molecule has 1 aliphatic heterocycles. The minimum absolute atomic E-state index is 0.0898. The summed E-state index contributed by atoms with van der Waals surface area (Å²) in [4.78, 5) is 13.6. The number of sulfone groups is 1. The number of urea groups is 1. The van der Waals surface area contributed by atoms with E-state index in [4.69, 9.17) is 0 Å². The summed E-state index contributed by atoms with van der Waals surface area (Å²) in [6, 6.07) is 0.191. The number of likely N-dealkylation sites (tertiary alicyclic amines) is 1. The predicted molar refractivity (Wildman–Crippen MR) is 70.2 cm³/mol. The molecular formula is C12H22N2O3S. The van der Waals surface area contributed by atoms with Crippen LogP contribution in [0.25, 0.3) is 0 Å². The molecule has 1 saturated heterocycles. The van der Waals surface area contributed by atoms with E-state index in [1.54, 1.807) is 4.90 Å². The van der Waals surface area contributed by atoms with E-state index in [1.807, 2.05) is 0 Å². The predicted octanol–water partition coefficient (Wildman–Crippen LogP) is 1.15. The van der Waals surface area contributed by atoms with Crippen molar-refractivity contribution < 1.29 is 13.2 Å². The monoisotopic (exact) mass is 274 g/mol. The first kappa shape index (κ1) is 13.6. The molecule has 0 aromatic heterocycles. The average Bonchev–Trinajstić information content (AvgIpc) is 2.79. The van der Waals surface area contributed by atoms with Crippen LogP contribution in [0.15, 0.2) is 0 Å². The highest BCUT2D eigenvalue weighted by atomic mass is 32.2. The summed E-state index contributed by atoms with van der Waals surface area (Å²) in [5.74, 6) is 0. The summed E-state index contributed by atoms with van der Waals surface area (Å²) in [5.41, 5.74) is 0. The molecule has 0 spiro atoms. The summed E-state index contributed by atoms with van der Waals surface area (Å²) in [7, 11) is -3.02. The molecule has 2 rings (SSSR count). The van der Waals surface area contributed by atoms with Gasteiger partial charge in [-0.25, -0.2) is 13.2 Å². The first-order valence-electron chi connectivity index (χ1n) is 6.71. The van der Waals surface area contributed by atoms with Gasteiger partial charge in [0.05, 0.1) is 5.25 Å². The van der Waals surface area contributed by atoms with Crippen molar-refractivity contribution in [3.05, 3.63) is 0 Å². The molecular weight excluding hydrogens is 252 g/mol. The van der Waals surface area contributed by atoms with Crippen LogP contribution in [0.1, 0.15) is 38.5 Å². The van der Waals surface area contributed by atoms with Gasteiger partial charge in [0, 0.05) is 25.4 Å². The Hall–Kier alpha value is -0.780. The third-order valence-electron chi connectivity index (χ3n) is 3.97. The van der Waals surface area contributed by atoms with Crippen LogP contribution in [0.4, 0.5) is 4.79 Å². The molecule has 1 saturated carbocycles. The first-order valence-corrected chi connectivity index (χ1v) is 8.66. The third-order valence-corrected chi connectivity index (χ3v) is 5.57. The van der Waals surface area contributed by atoms with Crippen LogP contribution in [0, 0.1) is 0 Å². The summed E-state index contributed by atoms with van der Waals surface area (Å²) >= 11 is 0. The highest BCUT2D eigenvalue weighted by Crippen LogP contribution is 2.19. The number of rotatable bonds is 2. The lowest BCUT2D eigenvalue weighted by Gasteiger charge is -2.26. The maximum atomic E-state index is 12.0. The number of hydrogen-bond acceptors (Lipinski definition) is 3. The van der Waals surface area contributed by atoms with Crippen molar-refractivity contribution in [2.45, 2.75) is 49.8 Å². The lowest BCUT2D eigenvalue weighted by molar-refractivity contribution is 0.200. The van der Waals surface area contributed by atoms with Crippen LogP contribution in [0.5, 0.6) is 0 Å². The lowest BCUT2D eigenvalue weighted by atomic mass is 9.96. The number of carbonyl (C=O) groups is 1. The van der Waals surface area contributed by atoms with Crippen LogP contribution in [0.3, 0.4) is 0 Å². The number of hydrogen-bond donors (Lipinski definition) is 1. The maximum absolute atomic E-state index is 12.0. The second-order valence-corrected chi connectivity index (χ2v) is 7.80. The largest absolute Gasteiger partial charge is 0.335 e. The Bertz CT molecular complexity index is 402. The van der Waals surface area contributed by atoms with Gasteiger partial charge in [-0.3, -0.25) is 0 Å². The zero-order valence-corrected chi connectivity index (χ0v) is 11.7. The van der Waals surface area contributed by atoms with E-state index in [2.05, 4.69) is 5.32 Å². The fourth-order valence-corrected chi connectivity index (χ4v) is 3.76. The smallest absolute Gasteiger partial charge is 0.317 e. The van der Waals surface area contributed by atoms with Gasteiger partial charge in [0.1, 0.15) is 0 Å². The SMILES string of the molecule is CS(=O)(=O)[C@H]1CCN(C(=O)NC2CCCCC2)C1. The van der Waals surface area contributed by atoms with Crippen LogP contribution < -0.4 is 5.32 Å². The normalized spacial score (nSPS) is 26.3. The Morgan fingerprint density at radius 2 is 1.83 bits per heavy atom. The van der Waals surface area contributed by atoms with Crippen molar-refractivity contribution >= 4 is 15.9 Å². The van der Waals surface area contributed by atoms with E-state index in [1.165, 1.54) is 25.5 Å². The van der Waals surface area contributed by atoms with E-state index in [9.17, 15) is 13.2 Å². The minimum atomic E-state index is -3.02. The molecule has 0 aromatic rings. The maximum Gasteiger partial charge on any atom is 0.317 e. The average molecular weight is 274 g/mol. The van der Waals surface area contributed by atoms with Crippen LogP contribution in [-0.4, -0.2) is 50.0 Å². The molecule has 0 radical (unpaired) electrons. The van der Waals surface area contributed by atoms with Crippen molar-refractivity contribution in [3.8, 4) is 0 Å². The molecule has 104 valence electrons. The molecule has 0 unspecified atom stereocenters. The Morgan fingerprint density at radius 1 is 1.17 bits per heavy atom. The number of amides is 2. The highest BCUT2D eigenvalue weighted by Gasteiger charge is 2.33. The molecule has 2 amide bonds. The molecule has 0 bridgehead atoms. The van der Waals surface area contributed by atoms with Gasteiger partial charge in [0.2, 0.25) is 0 Å². The van der Waals surface area contributed by atoms with Crippen LogP contribution in [0.2, 0.25) is 0 Å². The Morgan fingerprint density at radius 3 is 2.39 bits per heavy atom. The van der Waals surface area contributed by atoms with Crippen LogP contribution in [-0.2, 0) is 9.84 Å². The highest BCUT2D eigenvalue weighted by molar-refractivity contribution is 7.91. The van der Waals surface area contributed by atoms with Gasteiger partial charge in [0.15, 0.2) is 9.84 Å². The van der Waals surface area contributed by atoms with Gasteiger partial charge in [-0.15, -0.1) is 0 Å². The van der Waals surface area contributed by atoms with Crippen molar-refractivity contribution in [2.75, 3.05) is 19.3 Å². The Kier molecular flexibility index (Phi) is 4.14. The van der Waals surface area contributed by atoms with Gasteiger partial charge in [-0.2, -0.15) is 0 Å². The summed E-state index contributed by atoms with van der Waals surface area (Å²) < 4.78 is 22.9. The molecule has 0 aromatic carbocycles. The van der Waals surface area contributed by atoms with Crippen molar-refractivity contribution in [1.82, 2.24) is 10.2 Å². The van der Waals surface area contributed by atoms with Gasteiger partial charge >= 0.3 is 6.03 Å². The van der Waals surface area contributed by atoms with Crippen molar-refractivity contribution in [2.24, 2.45) is 0 Å². The molecule has 5 nitrogen and oxygen atoms in total. The molecule has 1 heterocycles. The van der Waals surface area contributed by atoms with Gasteiger partial charge in [-0.05, 0) is 19.3 Å². The fourth-order valence-electron chi connectivity index (χ4n) is 2.77. The van der Waals surface area contributed by atoms with E-state index >= 15 is 0 Å². The minimum Gasteiger partial charge on any atom is -0.335 e. The summed E-state index contributed by atoms with van der Waals surface area (Å²) in [6.45, 7) is 0.897. The summed E-state index contributed by atoms with van der Waals surface area (Å²) in [5, 5.41) is 2.64. The van der Waals surface area contributed by atoms with Crippen molar-refractivity contribution in [1.29, 1.82) is 0 Å². The van der Waals surface area contributed by atoms with Gasteiger partial charge < -0.3 is 10.2 Å². The molecule has 6 heteroatoms. The first-order chi connectivity index (χ1) is 8.47. The summed E-state index contributed by atoms with van der Waals surface area (Å²) in [6.07, 6.45) is 7.53. The lowest BCUT2D eigenvalue weighted by Crippen LogP contribution is -2.45. The zero-order chi connectivity index (χ0) is 13.2. The number of nitrogens with zero attached hydrogens (tertiary/aromatic N) is 1. The van der Waals surface area contributed by atoms with Gasteiger partial charge in [0.25, 0.3) is 0 Å². The molecule has 2 aliphatic rings. The number of carbonyl (C=O) groups excluding carboxylic acids is 1. The van der Waals surface area contributed by atoms with E-state index in [-0.39, 0.29) is 17.3 Å². The van der Waals surface area contributed by atoms with Crippen LogP contribution >= 0.6 is 0 Å². The standard InChI is InChI=1S/C12H22N2O3S/c1-18(16,17)11-7-8-14(9-11)12(15)13-10-5-3-2-4-6-10/h10-11H,2-9H2,1H3,(H,13,15)/t11-/m0/s1. The molecule has 18 heavy (non-hydrogen) atoms. The molecule has 2 fully saturated rings. The van der Waals surface area contributed by atoms with Gasteiger partial charge in [-0.1, -0.05) is 19.3 Å². The quantitative estimate of drug-likeness (QED) is 0.821. The fraction of sp³-hybridized carbons (Fsp3) is 0.917. The Labute approximate surface area is 109 Å².